The molecule has 28 heavy (non-hydrogen) atoms. The van der Waals surface area contributed by atoms with E-state index in [-0.39, 0.29) is 12.5 Å². The number of carbonyl (C=O) groups is 1. The topological polar surface area (TPSA) is 62.7 Å². The Kier molecular flexibility index (Phi) is 6.79. The summed E-state index contributed by atoms with van der Waals surface area (Å²) < 4.78 is 5.80. The van der Waals surface area contributed by atoms with E-state index in [0.717, 1.165) is 22.6 Å². The lowest BCUT2D eigenvalue weighted by Gasteiger charge is -2.07. The van der Waals surface area contributed by atoms with Gasteiger partial charge in [0.15, 0.2) is 0 Å². The van der Waals surface area contributed by atoms with Crippen molar-refractivity contribution < 1.29 is 9.53 Å². The first kappa shape index (κ1) is 19.2. The number of benzene rings is 3. The zero-order valence-corrected chi connectivity index (χ0v) is 15.8. The van der Waals surface area contributed by atoms with Crippen LogP contribution in [0.2, 0.25) is 0 Å². The van der Waals surface area contributed by atoms with Crippen LogP contribution in [0.5, 0.6) is 5.75 Å². The van der Waals surface area contributed by atoms with Crippen LogP contribution in [0.25, 0.3) is 0 Å². The number of hydrogen-bond acceptors (Lipinski definition) is 4. The van der Waals surface area contributed by atoms with Gasteiger partial charge < -0.3 is 10.1 Å². The molecule has 2 N–H and O–H groups in total. The molecule has 0 fully saturated rings. The van der Waals surface area contributed by atoms with E-state index in [1.165, 1.54) is 5.56 Å². The molecule has 0 aliphatic carbocycles. The smallest absolute Gasteiger partial charge is 0.259 e. The van der Waals surface area contributed by atoms with Crippen molar-refractivity contribution in [2.24, 2.45) is 5.10 Å². The number of carbonyl (C=O) groups excluding carboxylic acids is 1. The SMILES string of the molecule is Cc1ccc(NCC(=O)N/N=C\c2cccc(OCc3ccccc3)c2)cc1. The van der Waals surface area contributed by atoms with Crippen LogP contribution in [-0.2, 0) is 11.4 Å². The Hall–Kier alpha value is -3.60. The lowest BCUT2D eigenvalue weighted by atomic mass is 10.2. The van der Waals surface area contributed by atoms with E-state index in [4.69, 9.17) is 4.74 Å². The van der Waals surface area contributed by atoms with Gasteiger partial charge in [0.25, 0.3) is 5.91 Å². The summed E-state index contributed by atoms with van der Waals surface area (Å²) in [5.74, 6) is 0.536. The fraction of sp³-hybridized carbons (Fsp3) is 0.130. The molecule has 3 rings (SSSR count). The van der Waals surface area contributed by atoms with E-state index in [1.807, 2.05) is 85.8 Å². The lowest BCUT2D eigenvalue weighted by molar-refractivity contribution is -0.119. The van der Waals surface area contributed by atoms with Crippen LogP contribution >= 0.6 is 0 Å². The van der Waals surface area contributed by atoms with Gasteiger partial charge in [0.2, 0.25) is 0 Å². The third-order valence-corrected chi connectivity index (χ3v) is 4.01. The van der Waals surface area contributed by atoms with Crippen molar-refractivity contribution in [3.63, 3.8) is 0 Å². The Bertz CT molecular complexity index is 922. The van der Waals surface area contributed by atoms with E-state index < -0.39 is 0 Å². The van der Waals surface area contributed by atoms with Crippen LogP contribution in [-0.4, -0.2) is 18.7 Å². The summed E-state index contributed by atoms with van der Waals surface area (Å²) in [6.45, 7) is 2.68. The molecule has 0 heterocycles. The molecule has 0 aliphatic heterocycles. The molecule has 0 aromatic heterocycles. The van der Waals surface area contributed by atoms with Gasteiger partial charge in [-0.05, 0) is 42.3 Å². The number of hydrogen-bond donors (Lipinski definition) is 2. The summed E-state index contributed by atoms with van der Waals surface area (Å²) in [4.78, 5) is 11.9. The number of anilines is 1. The highest BCUT2D eigenvalue weighted by atomic mass is 16.5. The highest BCUT2D eigenvalue weighted by Gasteiger charge is 2.00. The fourth-order valence-electron chi connectivity index (χ4n) is 2.50. The molecule has 0 atom stereocenters. The van der Waals surface area contributed by atoms with Gasteiger partial charge in [0.05, 0.1) is 12.8 Å². The Balaban J connectivity index is 1.45. The number of amides is 1. The summed E-state index contributed by atoms with van der Waals surface area (Å²) in [6.07, 6.45) is 1.60. The van der Waals surface area contributed by atoms with Crippen LogP contribution in [0.15, 0.2) is 84.0 Å². The van der Waals surface area contributed by atoms with E-state index in [0.29, 0.717) is 6.61 Å². The van der Waals surface area contributed by atoms with Crippen LogP contribution in [0.1, 0.15) is 16.7 Å². The van der Waals surface area contributed by atoms with Crippen molar-refractivity contribution in [1.29, 1.82) is 0 Å². The van der Waals surface area contributed by atoms with Gasteiger partial charge in [0, 0.05) is 5.69 Å². The molecule has 0 bridgehead atoms. The standard InChI is InChI=1S/C23H23N3O2/c1-18-10-12-21(13-11-18)24-16-23(27)26-25-15-20-8-5-9-22(14-20)28-17-19-6-3-2-4-7-19/h2-15,24H,16-17H2,1H3,(H,26,27)/b25-15-. The van der Waals surface area contributed by atoms with Crippen molar-refractivity contribution in [2.75, 3.05) is 11.9 Å². The molecular weight excluding hydrogens is 350 g/mol. The van der Waals surface area contributed by atoms with Gasteiger partial charge in [-0.15, -0.1) is 0 Å². The van der Waals surface area contributed by atoms with Crippen LogP contribution in [0, 0.1) is 6.92 Å². The summed E-state index contributed by atoms with van der Waals surface area (Å²) in [6, 6.07) is 25.4. The minimum atomic E-state index is -0.215. The van der Waals surface area contributed by atoms with E-state index in [1.54, 1.807) is 6.21 Å². The molecule has 3 aromatic carbocycles. The van der Waals surface area contributed by atoms with Crippen molar-refractivity contribution in [3.05, 3.63) is 95.6 Å². The quantitative estimate of drug-likeness (QED) is 0.461. The summed E-state index contributed by atoms with van der Waals surface area (Å²) in [7, 11) is 0. The van der Waals surface area contributed by atoms with Gasteiger partial charge in [0.1, 0.15) is 12.4 Å². The molecule has 0 aliphatic rings. The predicted octanol–water partition coefficient (Wildman–Crippen LogP) is 4.14. The second-order valence-electron chi connectivity index (χ2n) is 6.36. The third kappa shape index (κ3) is 6.29. The average Bonchev–Trinajstić information content (AvgIpc) is 2.73. The maximum atomic E-state index is 11.9. The van der Waals surface area contributed by atoms with Crippen molar-refractivity contribution in [1.82, 2.24) is 5.43 Å². The van der Waals surface area contributed by atoms with E-state index >= 15 is 0 Å². The molecule has 142 valence electrons. The number of rotatable bonds is 8. The molecule has 0 unspecified atom stereocenters. The zero-order chi connectivity index (χ0) is 19.6. The minimum absolute atomic E-state index is 0.153. The summed E-state index contributed by atoms with van der Waals surface area (Å²) in [5, 5.41) is 7.06. The zero-order valence-electron chi connectivity index (χ0n) is 15.8. The van der Waals surface area contributed by atoms with Crippen molar-refractivity contribution >= 4 is 17.8 Å². The highest BCUT2D eigenvalue weighted by molar-refractivity contribution is 5.84. The number of ether oxygens (including phenoxy) is 1. The number of nitrogens with zero attached hydrogens (tertiary/aromatic N) is 1. The first-order chi connectivity index (χ1) is 13.7. The third-order valence-electron chi connectivity index (χ3n) is 4.01. The maximum Gasteiger partial charge on any atom is 0.259 e. The molecule has 0 saturated carbocycles. The molecule has 5 heteroatoms. The van der Waals surface area contributed by atoms with Crippen LogP contribution in [0.4, 0.5) is 5.69 Å². The largest absolute Gasteiger partial charge is 0.489 e. The van der Waals surface area contributed by atoms with Crippen molar-refractivity contribution in [3.8, 4) is 5.75 Å². The summed E-state index contributed by atoms with van der Waals surface area (Å²) >= 11 is 0. The van der Waals surface area contributed by atoms with Gasteiger partial charge in [-0.2, -0.15) is 5.10 Å². The van der Waals surface area contributed by atoms with Gasteiger partial charge in [-0.25, -0.2) is 5.43 Å². The second kappa shape index (κ2) is 9.92. The highest BCUT2D eigenvalue weighted by Crippen LogP contribution is 2.14. The Morgan fingerprint density at radius 3 is 2.57 bits per heavy atom. The van der Waals surface area contributed by atoms with Crippen LogP contribution in [0.3, 0.4) is 0 Å². The van der Waals surface area contributed by atoms with E-state index in [2.05, 4.69) is 15.8 Å². The normalized spacial score (nSPS) is 10.6. The first-order valence-electron chi connectivity index (χ1n) is 9.08. The molecule has 3 aromatic rings. The minimum Gasteiger partial charge on any atom is -0.489 e. The summed E-state index contributed by atoms with van der Waals surface area (Å²) in [5.41, 5.74) is 6.54. The predicted molar refractivity (Wildman–Crippen MR) is 113 cm³/mol. The van der Waals surface area contributed by atoms with Crippen molar-refractivity contribution in [2.45, 2.75) is 13.5 Å². The first-order valence-corrected chi connectivity index (χ1v) is 9.08. The Morgan fingerprint density at radius 1 is 1.00 bits per heavy atom. The number of hydrazone groups is 1. The van der Waals surface area contributed by atoms with Gasteiger partial charge >= 0.3 is 0 Å². The maximum absolute atomic E-state index is 11.9. The number of aryl methyl sites for hydroxylation is 1. The molecule has 5 nitrogen and oxygen atoms in total. The molecule has 0 radical (unpaired) electrons. The fourth-order valence-corrected chi connectivity index (χ4v) is 2.50. The van der Waals surface area contributed by atoms with Gasteiger partial charge in [-0.1, -0.05) is 60.2 Å². The van der Waals surface area contributed by atoms with Crippen LogP contribution < -0.4 is 15.5 Å². The molecule has 1 amide bonds. The molecule has 0 saturated heterocycles. The monoisotopic (exact) mass is 373 g/mol. The molecular formula is C23H23N3O2. The lowest BCUT2D eigenvalue weighted by Crippen LogP contribution is -2.25. The average molecular weight is 373 g/mol. The molecule has 0 spiro atoms. The van der Waals surface area contributed by atoms with E-state index in [9.17, 15) is 4.79 Å². The Labute approximate surface area is 165 Å². The second-order valence-corrected chi connectivity index (χ2v) is 6.36. The Morgan fingerprint density at radius 2 is 1.79 bits per heavy atom. The van der Waals surface area contributed by atoms with Gasteiger partial charge in [-0.3, -0.25) is 4.79 Å². The number of nitrogens with one attached hydrogen (secondary N) is 2.